The molecule has 0 saturated carbocycles. The van der Waals surface area contributed by atoms with Crippen LogP contribution in [-0.4, -0.2) is 37.7 Å². The molecule has 0 aromatic heterocycles. The molecule has 0 bridgehead atoms. The fourth-order valence-corrected chi connectivity index (χ4v) is 1.64. The number of hydrogen-bond acceptors (Lipinski definition) is 3. The first-order valence-corrected chi connectivity index (χ1v) is 7.17. The lowest BCUT2D eigenvalue weighted by Gasteiger charge is -2.10. The maximum absolute atomic E-state index is 12.9. The van der Waals surface area contributed by atoms with Gasteiger partial charge < -0.3 is 20.7 Å². The van der Waals surface area contributed by atoms with Gasteiger partial charge in [0.05, 0.1) is 6.54 Å². The number of hydrogen-bond donors (Lipinski definition) is 3. The van der Waals surface area contributed by atoms with Gasteiger partial charge in [-0.25, -0.2) is 9.18 Å². The van der Waals surface area contributed by atoms with Crippen LogP contribution in [-0.2, 0) is 4.79 Å². The minimum absolute atomic E-state index is 0.0845. The quantitative estimate of drug-likeness (QED) is 0.635. The minimum atomic E-state index is -0.375. The summed E-state index contributed by atoms with van der Waals surface area (Å²) in [6.07, 6.45) is 0.228. The molecule has 0 aliphatic carbocycles. The minimum Gasteiger partial charge on any atom is -0.492 e. The summed E-state index contributed by atoms with van der Waals surface area (Å²) in [5.41, 5.74) is 0. The first-order chi connectivity index (χ1) is 10.5. The second-order valence-corrected chi connectivity index (χ2v) is 4.96. The first kappa shape index (κ1) is 17.7. The zero-order chi connectivity index (χ0) is 16.4. The normalized spacial score (nSPS) is 10.2. The number of rotatable bonds is 8. The van der Waals surface area contributed by atoms with Gasteiger partial charge in [0.25, 0.3) is 0 Å². The average Bonchev–Trinajstić information content (AvgIpc) is 2.43. The molecule has 0 aliphatic rings. The van der Waals surface area contributed by atoms with Crippen molar-refractivity contribution in [2.24, 2.45) is 0 Å². The van der Waals surface area contributed by atoms with Crippen LogP contribution in [0.25, 0.3) is 0 Å². The molecule has 0 spiro atoms. The van der Waals surface area contributed by atoms with Gasteiger partial charge in [-0.2, -0.15) is 0 Å². The fourth-order valence-electron chi connectivity index (χ4n) is 1.64. The highest BCUT2D eigenvalue weighted by Crippen LogP contribution is 2.11. The van der Waals surface area contributed by atoms with Gasteiger partial charge in [-0.05, 0) is 26.0 Å². The molecule has 7 heteroatoms. The van der Waals surface area contributed by atoms with Gasteiger partial charge >= 0.3 is 6.03 Å². The van der Waals surface area contributed by atoms with Crippen LogP contribution >= 0.6 is 0 Å². The van der Waals surface area contributed by atoms with Crippen LogP contribution in [0.4, 0.5) is 9.18 Å². The highest BCUT2D eigenvalue weighted by Gasteiger charge is 2.04. The standard InChI is InChI=1S/C15H22FN3O3/c1-11(2)19-14(20)6-7-17-15(21)18-8-9-22-13-5-3-4-12(16)10-13/h3-5,10-11H,6-9H2,1-2H3,(H,19,20)(H2,17,18,21). The van der Waals surface area contributed by atoms with Crippen molar-refractivity contribution in [3.63, 3.8) is 0 Å². The lowest BCUT2D eigenvalue weighted by molar-refractivity contribution is -0.121. The molecule has 0 saturated heterocycles. The summed E-state index contributed by atoms with van der Waals surface area (Å²) in [7, 11) is 0. The van der Waals surface area contributed by atoms with Gasteiger partial charge in [-0.3, -0.25) is 4.79 Å². The van der Waals surface area contributed by atoms with Crippen molar-refractivity contribution in [1.29, 1.82) is 0 Å². The molecule has 0 atom stereocenters. The summed E-state index contributed by atoms with van der Waals surface area (Å²) in [5.74, 6) is -0.0693. The lowest BCUT2D eigenvalue weighted by atomic mass is 10.3. The van der Waals surface area contributed by atoms with Gasteiger partial charge in [0, 0.05) is 25.1 Å². The third kappa shape index (κ3) is 8.08. The molecular weight excluding hydrogens is 289 g/mol. The molecule has 3 N–H and O–H groups in total. The summed E-state index contributed by atoms with van der Waals surface area (Å²) < 4.78 is 18.2. The Morgan fingerprint density at radius 3 is 2.64 bits per heavy atom. The van der Waals surface area contributed by atoms with E-state index in [2.05, 4.69) is 16.0 Å². The molecule has 1 aromatic carbocycles. The Morgan fingerprint density at radius 2 is 1.95 bits per heavy atom. The molecule has 1 rings (SSSR count). The molecule has 0 radical (unpaired) electrons. The summed E-state index contributed by atoms with van der Waals surface area (Å²) in [6.45, 7) is 4.51. The van der Waals surface area contributed by atoms with Crippen molar-refractivity contribution in [2.75, 3.05) is 19.7 Å². The van der Waals surface area contributed by atoms with E-state index >= 15 is 0 Å². The van der Waals surface area contributed by atoms with Crippen LogP contribution in [0, 0.1) is 5.82 Å². The van der Waals surface area contributed by atoms with E-state index in [1.54, 1.807) is 12.1 Å². The first-order valence-electron chi connectivity index (χ1n) is 7.17. The zero-order valence-electron chi connectivity index (χ0n) is 12.8. The van der Waals surface area contributed by atoms with Gasteiger partial charge in [0.1, 0.15) is 18.2 Å². The van der Waals surface area contributed by atoms with Gasteiger partial charge in [0.2, 0.25) is 5.91 Å². The van der Waals surface area contributed by atoms with Crippen LogP contribution < -0.4 is 20.7 Å². The SMILES string of the molecule is CC(C)NC(=O)CCNC(=O)NCCOc1cccc(F)c1. The van der Waals surface area contributed by atoms with Crippen molar-refractivity contribution in [3.8, 4) is 5.75 Å². The molecule has 0 unspecified atom stereocenters. The second kappa shape index (κ2) is 9.59. The summed E-state index contributed by atoms with van der Waals surface area (Å²) >= 11 is 0. The smallest absolute Gasteiger partial charge is 0.314 e. The van der Waals surface area contributed by atoms with Crippen molar-refractivity contribution in [2.45, 2.75) is 26.3 Å². The maximum Gasteiger partial charge on any atom is 0.314 e. The van der Waals surface area contributed by atoms with Crippen molar-refractivity contribution >= 4 is 11.9 Å². The lowest BCUT2D eigenvalue weighted by Crippen LogP contribution is -2.40. The average molecular weight is 311 g/mol. The van der Waals surface area contributed by atoms with Crippen LogP contribution in [0.5, 0.6) is 5.75 Å². The number of halogens is 1. The number of carbonyl (C=O) groups excluding carboxylic acids is 2. The third-order valence-electron chi connectivity index (χ3n) is 2.54. The molecule has 122 valence electrons. The fraction of sp³-hybridized carbons (Fsp3) is 0.467. The molecule has 22 heavy (non-hydrogen) atoms. The van der Waals surface area contributed by atoms with E-state index in [1.165, 1.54) is 12.1 Å². The predicted octanol–water partition coefficient (Wildman–Crippen LogP) is 1.42. The van der Waals surface area contributed by atoms with Gasteiger partial charge in [-0.1, -0.05) is 6.07 Å². The number of benzene rings is 1. The molecule has 0 fully saturated rings. The topological polar surface area (TPSA) is 79.5 Å². The summed E-state index contributed by atoms with van der Waals surface area (Å²) in [5, 5.41) is 7.88. The monoisotopic (exact) mass is 311 g/mol. The summed E-state index contributed by atoms with van der Waals surface area (Å²) in [6, 6.07) is 5.49. The van der Waals surface area contributed by atoms with E-state index in [4.69, 9.17) is 4.74 Å². The number of urea groups is 1. The van der Waals surface area contributed by atoms with Crippen LogP contribution in [0.15, 0.2) is 24.3 Å². The van der Waals surface area contributed by atoms with Crippen molar-refractivity contribution < 1.29 is 18.7 Å². The van der Waals surface area contributed by atoms with Crippen LogP contribution in [0.1, 0.15) is 20.3 Å². The Kier molecular flexibility index (Phi) is 7.74. The Morgan fingerprint density at radius 1 is 1.23 bits per heavy atom. The Balaban J connectivity index is 2.07. The third-order valence-corrected chi connectivity index (χ3v) is 2.54. The van der Waals surface area contributed by atoms with Crippen molar-refractivity contribution in [1.82, 2.24) is 16.0 Å². The van der Waals surface area contributed by atoms with Gasteiger partial charge in [-0.15, -0.1) is 0 Å². The van der Waals surface area contributed by atoms with E-state index in [9.17, 15) is 14.0 Å². The Bertz CT molecular complexity index is 495. The predicted molar refractivity (Wildman–Crippen MR) is 81.2 cm³/mol. The van der Waals surface area contributed by atoms with E-state index in [0.717, 1.165) is 0 Å². The van der Waals surface area contributed by atoms with E-state index in [0.29, 0.717) is 5.75 Å². The highest BCUT2D eigenvalue weighted by molar-refractivity contribution is 5.78. The van der Waals surface area contributed by atoms with Crippen molar-refractivity contribution in [3.05, 3.63) is 30.1 Å². The molecule has 1 aromatic rings. The molecule has 0 aliphatic heterocycles. The van der Waals surface area contributed by atoms with E-state index in [-0.39, 0.29) is 49.9 Å². The van der Waals surface area contributed by atoms with Crippen LogP contribution in [0.2, 0.25) is 0 Å². The van der Waals surface area contributed by atoms with E-state index in [1.807, 2.05) is 13.8 Å². The number of amides is 3. The summed E-state index contributed by atoms with van der Waals surface area (Å²) in [4.78, 5) is 22.8. The number of ether oxygens (including phenoxy) is 1. The molecule has 3 amide bonds. The highest BCUT2D eigenvalue weighted by atomic mass is 19.1. The van der Waals surface area contributed by atoms with Crippen LogP contribution in [0.3, 0.4) is 0 Å². The Labute approximate surface area is 129 Å². The Hall–Kier alpha value is -2.31. The van der Waals surface area contributed by atoms with Gasteiger partial charge in [0.15, 0.2) is 0 Å². The molecule has 6 nitrogen and oxygen atoms in total. The second-order valence-electron chi connectivity index (χ2n) is 4.96. The number of carbonyl (C=O) groups is 2. The van der Waals surface area contributed by atoms with E-state index < -0.39 is 0 Å². The number of nitrogens with one attached hydrogen (secondary N) is 3. The zero-order valence-corrected chi connectivity index (χ0v) is 12.8. The molecule has 0 heterocycles. The maximum atomic E-state index is 12.9. The molecular formula is C15H22FN3O3. The largest absolute Gasteiger partial charge is 0.492 e.